The van der Waals surface area contributed by atoms with Crippen molar-refractivity contribution in [1.29, 1.82) is 0 Å². The number of benzene rings is 1. The zero-order chi connectivity index (χ0) is 20.0. The van der Waals surface area contributed by atoms with Gasteiger partial charge in [-0.05, 0) is 26.0 Å². The normalized spacial score (nSPS) is 18.9. The van der Waals surface area contributed by atoms with Crippen LogP contribution < -0.4 is 0 Å². The molecular weight excluding hydrogens is 382 g/mol. The quantitative estimate of drug-likeness (QED) is 0.575. The van der Waals surface area contributed by atoms with Gasteiger partial charge in [0.2, 0.25) is 5.91 Å². The molecule has 0 spiro atoms. The highest BCUT2D eigenvalue weighted by Gasteiger charge is 2.43. The molecule has 142 valence electrons. The van der Waals surface area contributed by atoms with Crippen LogP contribution in [-0.2, 0) is 9.59 Å². The van der Waals surface area contributed by atoms with Crippen LogP contribution in [0, 0.1) is 10.1 Å². The van der Waals surface area contributed by atoms with E-state index in [4.69, 9.17) is 4.42 Å². The summed E-state index contributed by atoms with van der Waals surface area (Å²) in [5.74, 6) is 0.750. The number of hydrogen-bond acceptors (Lipinski definition) is 7. The van der Waals surface area contributed by atoms with E-state index in [1.54, 1.807) is 31.2 Å². The Labute approximate surface area is 164 Å². The first-order chi connectivity index (χ1) is 13.4. The van der Waals surface area contributed by atoms with Crippen LogP contribution in [0.4, 0.5) is 5.69 Å². The van der Waals surface area contributed by atoms with Crippen molar-refractivity contribution in [2.45, 2.75) is 19.9 Å². The SMILES string of the molecule is CC(=O)C1=C(C)N=C2SCC(=O)N2[C@@H]1c1ccc(-c2cccc([N+](=O)[O-])c2)o1. The number of ketones is 1. The molecule has 1 atom stereocenters. The molecule has 1 aromatic heterocycles. The van der Waals surface area contributed by atoms with E-state index in [-0.39, 0.29) is 23.1 Å². The van der Waals surface area contributed by atoms with Crippen LogP contribution in [0.15, 0.2) is 57.1 Å². The van der Waals surface area contributed by atoms with Gasteiger partial charge in [0.05, 0.1) is 10.7 Å². The molecule has 0 N–H and O–H groups in total. The van der Waals surface area contributed by atoms with Crippen molar-refractivity contribution in [2.24, 2.45) is 4.99 Å². The minimum absolute atomic E-state index is 0.0474. The topological polar surface area (TPSA) is 106 Å². The number of amidine groups is 1. The first-order valence-electron chi connectivity index (χ1n) is 8.46. The first kappa shape index (κ1) is 18.2. The van der Waals surface area contributed by atoms with Gasteiger partial charge < -0.3 is 4.42 Å². The van der Waals surface area contributed by atoms with E-state index >= 15 is 0 Å². The van der Waals surface area contributed by atoms with Gasteiger partial charge in [-0.3, -0.25) is 24.6 Å². The number of carbonyl (C=O) groups is 2. The monoisotopic (exact) mass is 397 g/mol. The number of carbonyl (C=O) groups excluding carboxylic acids is 2. The third-order valence-electron chi connectivity index (χ3n) is 4.60. The van der Waals surface area contributed by atoms with Crippen molar-refractivity contribution in [3.63, 3.8) is 0 Å². The molecule has 0 unspecified atom stereocenters. The van der Waals surface area contributed by atoms with Crippen LogP contribution in [-0.4, -0.2) is 32.4 Å². The summed E-state index contributed by atoms with van der Waals surface area (Å²) in [6.45, 7) is 3.17. The lowest BCUT2D eigenvalue weighted by atomic mass is 9.96. The third kappa shape index (κ3) is 2.93. The average Bonchev–Trinajstić information content (AvgIpc) is 3.28. The zero-order valence-electron chi connectivity index (χ0n) is 15.0. The number of hydrogen-bond donors (Lipinski definition) is 0. The number of Topliss-reactive ketones (excluding diaryl/α,β-unsaturated/α-hetero) is 1. The predicted molar refractivity (Wildman–Crippen MR) is 104 cm³/mol. The minimum atomic E-state index is -0.694. The summed E-state index contributed by atoms with van der Waals surface area (Å²) >= 11 is 1.32. The molecule has 0 aliphatic carbocycles. The van der Waals surface area contributed by atoms with Gasteiger partial charge in [-0.2, -0.15) is 0 Å². The number of nitro benzene ring substituents is 1. The Bertz CT molecular complexity index is 1080. The van der Waals surface area contributed by atoms with Crippen molar-refractivity contribution in [2.75, 3.05) is 5.75 Å². The lowest BCUT2D eigenvalue weighted by Crippen LogP contribution is -2.38. The zero-order valence-corrected chi connectivity index (χ0v) is 15.9. The minimum Gasteiger partial charge on any atom is -0.458 e. The lowest BCUT2D eigenvalue weighted by Gasteiger charge is -2.31. The van der Waals surface area contributed by atoms with E-state index in [9.17, 15) is 19.7 Å². The Kier molecular flexibility index (Phi) is 4.38. The van der Waals surface area contributed by atoms with Gasteiger partial charge in [0.1, 0.15) is 17.6 Å². The maximum absolute atomic E-state index is 12.4. The summed E-state index contributed by atoms with van der Waals surface area (Å²) in [5, 5.41) is 11.6. The maximum atomic E-state index is 12.4. The Morgan fingerprint density at radius 1 is 1.36 bits per heavy atom. The van der Waals surface area contributed by atoms with Gasteiger partial charge in [0, 0.05) is 29.0 Å². The average molecular weight is 397 g/mol. The summed E-state index contributed by atoms with van der Waals surface area (Å²) < 4.78 is 5.96. The van der Waals surface area contributed by atoms with Crippen LogP contribution in [0.5, 0.6) is 0 Å². The number of thioether (sulfide) groups is 1. The van der Waals surface area contributed by atoms with Crippen LogP contribution in [0.3, 0.4) is 0 Å². The molecule has 1 fully saturated rings. The smallest absolute Gasteiger partial charge is 0.270 e. The van der Waals surface area contributed by atoms with E-state index in [0.29, 0.717) is 33.5 Å². The fourth-order valence-corrected chi connectivity index (χ4v) is 4.33. The maximum Gasteiger partial charge on any atom is 0.270 e. The molecule has 0 radical (unpaired) electrons. The van der Waals surface area contributed by atoms with Crippen molar-refractivity contribution >= 4 is 34.3 Å². The van der Waals surface area contributed by atoms with Gasteiger partial charge in [0.15, 0.2) is 11.0 Å². The van der Waals surface area contributed by atoms with Crippen molar-refractivity contribution < 1.29 is 18.9 Å². The molecule has 28 heavy (non-hydrogen) atoms. The number of allylic oxidation sites excluding steroid dienone is 1. The summed E-state index contributed by atoms with van der Waals surface area (Å²) in [6, 6.07) is 8.77. The molecule has 4 rings (SSSR count). The summed E-state index contributed by atoms with van der Waals surface area (Å²) in [4.78, 5) is 41.2. The van der Waals surface area contributed by atoms with Gasteiger partial charge in [-0.1, -0.05) is 23.9 Å². The Morgan fingerprint density at radius 2 is 2.14 bits per heavy atom. The first-order valence-corrected chi connectivity index (χ1v) is 9.45. The highest BCUT2D eigenvalue weighted by atomic mass is 32.2. The van der Waals surface area contributed by atoms with E-state index in [1.165, 1.54) is 35.7 Å². The van der Waals surface area contributed by atoms with Gasteiger partial charge in [0.25, 0.3) is 5.69 Å². The van der Waals surface area contributed by atoms with Crippen LogP contribution in [0.25, 0.3) is 11.3 Å². The van der Waals surface area contributed by atoms with E-state index in [0.717, 1.165) is 0 Å². The third-order valence-corrected chi connectivity index (χ3v) is 5.54. The molecule has 2 aliphatic rings. The highest BCUT2D eigenvalue weighted by molar-refractivity contribution is 8.15. The fourth-order valence-electron chi connectivity index (χ4n) is 3.39. The Hall–Kier alpha value is -3.20. The summed E-state index contributed by atoms with van der Waals surface area (Å²) in [6.07, 6.45) is 0. The summed E-state index contributed by atoms with van der Waals surface area (Å²) in [5.41, 5.74) is 1.45. The standard InChI is InChI=1S/C19H15N3O5S/c1-10-17(11(2)23)18(21-16(24)9-28-19(21)20-10)15-7-6-14(27-15)12-4-3-5-13(8-12)22(25)26/h3-8,18H,9H2,1-2H3/t18-/m1/s1. The molecule has 1 aromatic carbocycles. The fraction of sp³-hybridized carbons (Fsp3) is 0.211. The van der Waals surface area contributed by atoms with Gasteiger partial charge in [-0.25, -0.2) is 4.99 Å². The van der Waals surface area contributed by atoms with Gasteiger partial charge >= 0.3 is 0 Å². The molecule has 1 amide bonds. The Morgan fingerprint density at radius 3 is 2.86 bits per heavy atom. The molecule has 3 heterocycles. The molecule has 1 saturated heterocycles. The van der Waals surface area contributed by atoms with Crippen LogP contribution in [0.1, 0.15) is 25.6 Å². The molecule has 9 heteroatoms. The molecule has 2 aromatic rings. The summed E-state index contributed by atoms with van der Waals surface area (Å²) in [7, 11) is 0. The van der Waals surface area contributed by atoms with Crippen molar-refractivity contribution in [3.05, 3.63) is 63.5 Å². The predicted octanol–water partition coefficient (Wildman–Crippen LogP) is 3.70. The molecule has 2 aliphatic heterocycles. The van der Waals surface area contributed by atoms with E-state index < -0.39 is 11.0 Å². The number of fused-ring (bicyclic) bond motifs is 1. The number of furan rings is 1. The molecular formula is C19H15N3O5S. The number of rotatable bonds is 4. The number of nitro groups is 1. The molecule has 8 nitrogen and oxygen atoms in total. The number of non-ortho nitro benzene ring substituents is 1. The number of aliphatic imine (C=N–C) groups is 1. The number of amides is 1. The van der Waals surface area contributed by atoms with E-state index in [1.807, 2.05) is 0 Å². The second-order valence-electron chi connectivity index (χ2n) is 6.41. The van der Waals surface area contributed by atoms with Crippen LogP contribution >= 0.6 is 11.8 Å². The highest BCUT2D eigenvalue weighted by Crippen LogP contribution is 2.42. The second kappa shape index (κ2) is 6.75. The van der Waals surface area contributed by atoms with Crippen molar-refractivity contribution in [3.8, 4) is 11.3 Å². The van der Waals surface area contributed by atoms with Crippen molar-refractivity contribution in [1.82, 2.24) is 4.90 Å². The lowest BCUT2D eigenvalue weighted by molar-refractivity contribution is -0.384. The van der Waals surface area contributed by atoms with E-state index in [2.05, 4.69) is 4.99 Å². The molecule has 0 saturated carbocycles. The second-order valence-corrected chi connectivity index (χ2v) is 7.36. The Balaban J connectivity index is 1.79. The van der Waals surface area contributed by atoms with Crippen LogP contribution in [0.2, 0.25) is 0 Å². The molecule has 0 bridgehead atoms. The largest absolute Gasteiger partial charge is 0.458 e. The van der Waals surface area contributed by atoms with Gasteiger partial charge in [-0.15, -0.1) is 0 Å². The number of nitrogens with zero attached hydrogens (tertiary/aromatic N) is 3.